The maximum atomic E-state index is 10.1. The molecule has 0 aromatic carbocycles. The van der Waals surface area contributed by atoms with Gasteiger partial charge >= 0.3 is 0 Å². The Balaban J connectivity index is -0.000000186. The monoisotopic (exact) mass is 501 g/mol. The fraction of sp³-hybridized carbons (Fsp3) is 0.857. The average molecular weight is 502 g/mol. The third kappa shape index (κ3) is 37.4. The van der Waals surface area contributed by atoms with E-state index in [1.807, 2.05) is 42.3 Å². The van der Waals surface area contributed by atoms with E-state index in [-0.39, 0.29) is 18.3 Å². The molecule has 0 radical (unpaired) electrons. The average Bonchev–Trinajstić information content (AvgIpc) is 2.50. The van der Waals surface area contributed by atoms with Crippen LogP contribution in [0, 0.1) is 0 Å². The molecule has 0 amide bonds. The summed E-state index contributed by atoms with van der Waals surface area (Å²) in [7, 11) is 12.1. The van der Waals surface area contributed by atoms with Gasteiger partial charge < -0.3 is 64.8 Å². The van der Waals surface area contributed by atoms with Crippen LogP contribution in [-0.4, -0.2) is 124 Å². The fourth-order valence-corrected chi connectivity index (χ4v) is 2.46. The number of quaternary nitrogens is 3. The van der Waals surface area contributed by atoms with Gasteiger partial charge in [-0.3, -0.25) is 0 Å². The van der Waals surface area contributed by atoms with Gasteiger partial charge in [-0.05, 0) is 20.8 Å². The number of carboxylic acids is 3. The molecule has 7 N–H and O–H groups in total. The van der Waals surface area contributed by atoms with E-state index >= 15 is 0 Å². The normalized spacial score (nSPS) is 13.4. The summed E-state index contributed by atoms with van der Waals surface area (Å²) in [6, 6.07) is 0. The zero-order valence-corrected chi connectivity index (χ0v) is 22.0. The summed E-state index contributed by atoms with van der Waals surface area (Å²) in [6.45, 7) is 7.90. The number of aliphatic hydroxyl groups is 4. The van der Waals surface area contributed by atoms with Crippen molar-refractivity contribution in [2.75, 3.05) is 61.9 Å². The van der Waals surface area contributed by atoms with Crippen molar-refractivity contribution in [3.05, 3.63) is 0 Å². The predicted molar refractivity (Wildman–Crippen MR) is 117 cm³/mol. The number of aliphatic hydroxyl groups excluding tert-OH is 3. The number of hydrogen-bond donors (Lipinski definition) is 7. The van der Waals surface area contributed by atoms with Crippen molar-refractivity contribution in [2.45, 2.75) is 57.5 Å². The van der Waals surface area contributed by atoms with Gasteiger partial charge in [-0.25, -0.2) is 0 Å². The molecular formula is C21H47N3O10. The third-order valence-corrected chi connectivity index (χ3v) is 3.36. The molecule has 0 aliphatic heterocycles. The van der Waals surface area contributed by atoms with Crippen molar-refractivity contribution < 1.29 is 64.8 Å². The molecule has 34 heavy (non-hydrogen) atoms. The number of carboxylic acid groups (broad SMARTS) is 3. The van der Waals surface area contributed by atoms with Crippen LogP contribution in [0.15, 0.2) is 0 Å². The topological polar surface area (TPSA) is 215 Å². The molecular weight excluding hydrogens is 454 g/mol. The Hall–Kier alpha value is -1.87. The van der Waals surface area contributed by atoms with Crippen LogP contribution in [0.1, 0.15) is 33.6 Å². The van der Waals surface area contributed by atoms with Crippen LogP contribution in [-0.2, 0) is 14.4 Å². The van der Waals surface area contributed by atoms with E-state index in [1.165, 1.54) is 14.7 Å². The van der Waals surface area contributed by atoms with Crippen molar-refractivity contribution >= 4 is 17.9 Å². The van der Waals surface area contributed by atoms with Crippen molar-refractivity contribution in [1.82, 2.24) is 0 Å². The number of carbonyl (C=O) groups excluding carboxylic acids is 3. The lowest BCUT2D eigenvalue weighted by Gasteiger charge is -2.29. The van der Waals surface area contributed by atoms with Gasteiger partial charge in [0.05, 0.1) is 48.3 Å². The Morgan fingerprint density at radius 2 is 0.853 bits per heavy atom. The zero-order valence-electron chi connectivity index (χ0n) is 22.0. The second kappa shape index (κ2) is 21.6. The number of hydrogen-bond acceptors (Lipinski definition) is 10. The largest absolute Gasteiger partial charge is 0.550 e. The molecule has 0 aromatic heterocycles. The van der Waals surface area contributed by atoms with Crippen molar-refractivity contribution in [3.63, 3.8) is 0 Å². The molecule has 0 fully saturated rings. The highest BCUT2D eigenvalue weighted by Gasteiger charge is 2.29. The number of nitrogens with one attached hydrogen (secondary N) is 3. The Kier molecular flexibility index (Phi) is 25.1. The van der Waals surface area contributed by atoms with Gasteiger partial charge in [-0.2, -0.15) is 0 Å². The number of rotatable bonds is 11. The van der Waals surface area contributed by atoms with Gasteiger partial charge in [0.25, 0.3) is 0 Å². The van der Waals surface area contributed by atoms with Crippen LogP contribution >= 0.6 is 0 Å². The van der Waals surface area contributed by atoms with Gasteiger partial charge in [-0.1, -0.05) is 0 Å². The van der Waals surface area contributed by atoms with E-state index in [4.69, 9.17) is 20.4 Å². The number of likely N-dealkylation sites (N-methyl/N-ethyl adjacent to an activating group) is 3. The van der Waals surface area contributed by atoms with Crippen molar-refractivity contribution in [1.29, 1.82) is 0 Å². The Labute approximate surface area is 202 Å². The Bertz CT molecular complexity index is 472. The lowest BCUT2D eigenvalue weighted by Crippen LogP contribution is -3.06. The third-order valence-electron chi connectivity index (χ3n) is 3.36. The highest BCUT2D eigenvalue weighted by atomic mass is 16.4. The van der Waals surface area contributed by atoms with Gasteiger partial charge in [-0.15, -0.1) is 0 Å². The van der Waals surface area contributed by atoms with Crippen LogP contribution in [0.2, 0.25) is 0 Å². The van der Waals surface area contributed by atoms with Crippen LogP contribution in [0.5, 0.6) is 0 Å². The summed E-state index contributed by atoms with van der Waals surface area (Å²) in [4.78, 5) is 33.9. The van der Waals surface area contributed by atoms with Gasteiger partial charge in [0, 0.05) is 24.8 Å². The molecule has 0 heterocycles. The minimum Gasteiger partial charge on any atom is -0.550 e. The standard InChI is InChI=1S/C6H8O7.3C5H13NO/c7-3(8)1-6(13,5(11)12)2-4(9)10;3*1-5(7)4-6(2)3/h13H,1-2H2,(H,7,8)(H,9,10)(H,11,12);3*5,7H,4H2,1-3H3. The van der Waals surface area contributed by atoms with E-state index in [0.29, 0.717) is 0 Å². The van der Waals surface area contributed by atoms with E-state index in [2.05, 4.69) is 0 Å². The first-order valence-corrected chi connectivity index (χ1v) is 10.9. The van der Waals surface area contributed by atoms with Gasteiger partial charge in [0.15, 0.2) is 0 Å². The van der Waals surface area contributed by atoms with Crippen LogP contribution in [0.3, 0.4) is 0 Å². The quantitative estimate of drug-likeness (QED) is 0.142. The van der Waals surface area contributed by atoms with Gasteiger partial charge in [0.2, 0.25) is 0 Å². The molecule has 0 bridgehead atoms. The molecule has 0 aliphatic carbocycles. The van der Waals surface area contributed by atoms with Crippen LogP contribution < -0.4 is 30.0 Å². The van der Waals surface area contributed by atoms with Gasteiger partial charge in [0.1, 0.15) is 43.5 Å². The predicted octanol–water partition coefficient (Wildman–Crippen LogP) is -9.72. The molecule has 0 spiro atoms. The molecule has 13 nitrogen and oxygen atoms in total. The first kappa shape index (κ1) is 39.3. The van der Waals surface area contributed by atoms with Crippen LogP contribution in [0.25, 0.3) is 0 Å². The highest BCUT2D eigenvalue weighted by molar-refractivity contribution is 5.86. The van der Waals surface area contributed by atoms with E-state index < -0.39 is 36.4 Å². The maximum absolute atomic E-state index is 10.1. The summed E-state index contributed by atoms with van der Waals surface area (Å²) in [5.74, 6) is -5.98. The van der Waals surface area contributed by atoms with E-state index in [1.54, 1.807) is 20.8 Å². The smallest absolute Gasteiger partial charge is 0.114 e. The molecule has 3 unspecified atom stereocenters. The Morgan fingerprint density at radius 3 is 0.912 bits per heavy atom. The van der Waals surface area contributed by atoms with Crippen molar-refractivity contribution in [2.24, 2.45) is 0 Å². The second-order valence-corrected chi connectivity index (χ2v) is 9.20. The molecule has 13 heteroatoms. The Morgan fingerprint density at radius 1 is 0.647 bits per heavy atom. The SMILES string of the molecule is CC(O)C[NH+](C)C.CC(O)C[NH+](C)C.CC(O)C[NH+](C)C.O=C([O-])CC(O)(CC(=O)[O-])C(=O)[O-]. The lowest BCUT2D eigenvalue weighted by molar-refractivity contribution is -0.861. The first-order valence-electron chi connectivity index (χ1n) is 10.9. The summed E-state index contributed by atoms with van der Waals surface area (Å²) < 4.78 is 0. The lowest BCUT2D eigenvalue weighted by atomic mass is 9.96. The molecule has 206 valence electrons. The summed E-state index contributed by atoms with van der Waals surface area (Å²) >= 11 is 0. The second-order valence-electron chi connectivity index (χ2n) is 9.20. The minimum absolute atomic E-state index is 0.162. The van der Waals surface area contributed by atoms with Crippen LogP contribution in [0.4, 0.5) is 0 Å². The molecule has 0 aliphatic rings. The maximum Gasteiger partial charge on any atom is 0.114 e. The molecule has 3 atom stereocenters. The number of aliphatic carboxylic acids is 3. The molecule has 0 saturated heterocycles. The zero-order chi connectivity index (χ0) is 28.2. The summed E-state index contributed by atoms with van der Waals surface area (Å²) in [5, 5.41) is 65.0. The molecule has 0 saturated carbocycles. The minimum atomic E-state index is -2.97. The van der Waals surface area contributed by atoms with E-state index in [0.717, 1.165) is 19.6 Å². The molecule has 0 aromatic rings. The number of carbonyl (C=O) groups is 3. The molecule has 0 rings (SSSR count). The summed E-state index contributed by atoms with van der Waals surface area (Å²) in [6.07, 6.45) is -3.20. The van der Waals surface area contributed by atoms with Crippen molar-refractivity contribution in [3.8, 4) is 0 Å². The summed E-state index contributed by atoms with van der Waals surface area (Å²) in [5.41, 5.74) is -2.97. The van der Waals surface area contributed by atoms with E-state index in [9.17, 15) is 29.7 Å². The first-order chi connectivity index (χ1) is 15.2. The fourth-order valence-electron chi connectivity index (χ4n) is 2.46. The highest BCUT2D eigenvalue weighted by Crippen LogP contribution is 2.13.